The molecule has 1 rings (SSSR count). The minimum absolute atomic E-state index is 0.226. The first kappa shape index (κ1) is 11.0. The summed E-state index contributed by atoms with van der Waals surface area (Å²) in [6, 6.07) is 11.9. The third kappa shape index (κ3) is 2.05. The first-order valence-corrected chi connectivity index (χ1v) is 5.25. The lowest BCUT2D eigenvalue weighted by Gasteiger charge is -2.19. The Kier molecular flexibility index (Phi) is 3.49. The van der Waals surface area contributed by atoms with Gasteiger partial charge < -0.3 is 0 Å². The molecule has 0 aliphatic carbocycles. The van der Waals surface area contributed by atoms with E-state index in [1.165, 1.54) is 0 Å². The molecule has 0 saturated heterocycles. The SMILES string of the molecule is CC(C#N)(CC#N)c1ccccc1I. The predicted molar refractivity (Wildman–Crippen MR) is 62.4 cm³/mol. The van der Waals surface area contributed by atoms with E-state index in [-0.39, 0.29) is 6.42 Å². The molecule has 0 bridgehead atoms. The first-order valence-electron chi connectivity index (χ1n) is 4.17. The Morgan fingerprint density at radius 1 is 1.36 bits per heavy atom. The molecule has 0 fully saturated rings. The van der Waals surface area contributed by atoms with Crippen molar-refractivity contribution in [3.8, 4) is 12.1 Å². The molecule has 0 heterocycles. The lowest BCUT2D eigenvalue weighted by atomic mass is 9.81. The molecule has 3 heteroatoms. The molecule has 0 N–H and O–H groups in total. The lowest BCUT2D eigenvalue weighted by Crippen LogP contribution is -2.20. The average molecular weight is 296 g/mol. The van der Waals surface area contributed by atoms with Gasteiger partial charge in [0.05, 0.1) is 24.0 Å². The molecule has 70 valence electrons. The smallest absolute Gasteiger partial charge is 0.0933 e. The number of rotatable bonds is 2. The molecule has 1 aromatic rings. The number of hydrogen-bond acceptors (Lipinski definition) is 2. The second-order valence-electron chi connectivity index (χ2n) is 3.26. The molecule has 2 nitrogen and oxygen atoms in total. The van der Waals surface area contributed by atoms with Gasteiger partial charge in [0.25, 0.3) is 0 Å². The van der Waals surface area contributed by atoms with Crippen LogP contribution in [0.5, 0.6) is 0 Å². The van der Waals surface area contributed by atoms with Crippen molar-refractivity contribution in [1.82, 2.24) is 0 Å². The summed E-state index contributed by atoms with van der Waals surface area (Å²) in [6.07, 6.45) is 0.226. The van der Waals surface area contributed by atoms with E-state index in [4.69, 9.17) is 10.5 Å². The highest BCUT2D eigenvalue weighted by Gasteiger charge is 2.27. The van der Waals surface area contributed by atoms with Crippen LogP contribution in [-0.4, -0.2) is 0 Å². The van der Waals surface area contributed by atoms with E-state index in [0.717, 1.165) is 9.13 Å². The van der Waals surface area contributed by atoms with Crippen LogP contribution in [0.25, 0.3) is 0 Å². The monoisotopic (exact) mass is 296 g/mol. The maximum atomic E-state index is 9.09. The van der Waals surface area contributed by atoms with Crippen LogP contribution in [0.4, 0.5) is 0 Å². The summed E-state index contributed by atoms with van der Waals surface area (Å²) in [6.45, 7) is 1.80. The van der Waals surface area contributed by atoms with Crippen LogP contribution in [0.1, 0.15) is 18.9 Å². The van der Waals surface area contributed by atoms with Crippen LogP contribution in [-0.2, 0) is 5.41 Å². The summed E-state index contributed by atoms with van der Waals surface area (Å²) in [5.74, 6) is 0. The van der Waals surface area contributed by atoms with Crippen molar-refractivity contribution in [3.05, 3.63) is 33.4 Å². The van der Waals surface area contributed by atoms with E-state index in [1.807, 2.05) is 24.3 Å². The quantitative estimate of drug-likeness (QED) is 0.788. The zero-order chi connectivity index (χ0) is 10.6. The maximum absolute atomic E-state index is 9.09. The molecular weight excluding hydrogens is 287 g/mol. The van der Waals surface area contributed by atoms with Gasteiger partial charge in [-0.15, -0.1) is 0 Å². The molecule has 0 saturated carbocycles. The lowest BCUT2D eigenvalue weighted by molar-refractivity contribution is 0.624. The normalized spacial score (nSPS) is 13.7. The van der Waals surface area contributed by atoms with Gasteiger partial charge in [0.1, 0.15) is 0 Å². The summed E-state index contributed by atoms with van der Waals surface area (Å²) in [5, 5.41) is 17.8. The van der Waals surface area contributed by atoms with Crippen LogP contribution in [0.3, 0.4) is 0 Å². The molecule has 0 aromatic heterocycles. The van der Waals surface area contributed by atoms with Crippen molar-refractivity contribution in [2.24, 2.45) is 0 Å². The van der Waals surface area contributed by atoms with E-state index in [1.54, 1.807) is 6.92 Å². The van der Waals surface area contributed by atoms with Crippen molar-refractivity contribution in [1.29, 1.82) is 10.5 Å². The molecule has 14 heavy (non-hydrogen) atoms. The fourth-order valence-electron chi connectivity index (χ4n) is 1.26. The topological polar surface area (TPSA) is 47.6 Å². The molecule has 0 radical (unpaired) electrons. The van der Waals surface area contributed by atoms with Crippen LogP contribution in [0.2, 0.25) is 0 Å². The van der Waals surface area contributed by atoms with Crippen LogP contribution in [0.15, 0.2) is 24.3 Å². The Balaban J connectivity index is 3.22. The van der Waals surface area contributed by atoms with E-state index >= 15 is 0 Å². The summed E-state index contributed by atoms with van der Waals surface area (Å²) in [4.78, 5) is 0. The fraction of sp³-hybridized carbons (Fsp3) is 0.273. The number of benzene rings is 1. The first-order chi connectivity index (χ1) is 6.64. The van der Waals surface area contributed by atoms with Crippen LogP contribution >= 0.6 is 22.6 Å². The molecule has 1 atom stereocenters. The largest absolute Gasteiger partial charge is 0.198 e. The van der Waals surface area contributed by atoms with E-state index < -0.39 is 5.41 Å². The zero-order valence-electron chi connectivity index (χ0n) is 7.79. The van der Waals surface area contributed by atoms with Gasteiger partial charge in [-0.05, 0) is 41.1 Å². The zero-order valence-corrected chi connectivity index (χ0v) is 9.95. The van der Waals surface area contributed by atoms with Gasteiger partial charge in [0, 0.05) is 3.57 Å². The van der Waals surface area contributed by atoms with E-state index in [2.05, 4.69) is 34.7 Å². The second-order valence-corrected chi connectivity index (χ2v) is 4.42. The van der Waals surface area contributed by atoms with E-state index in [9.17, 15) is 0 Å². The van der Waals surface area contributed by atoms with Gasteiger partial charge in [-0.25, -0.2) is 0 Å². The number of hydrogen-bond donors (Lipinski definition) is 0. The molecule has 1 aromatic carbocycles. The number of halogens is 1. The summed E-state index contributed by atoms with van der Waals surface area (Å²) in [5.41, 5.74) is 0.247. The number of nitriles is 2. The van der Waals surface area contributed by atoms with E-state index in [0.29, 0.717) is 0 Å². The van der Waals surface area contributed by atoms with Gasteiger partial charge >= 0.3 is 0 Å². The Bertz CT molecular complexity index is 414. The average Bonchev–Trinajstić information content (AvgIpc) is 2.18. The van der Waals surface area contributed by atoms with Crippen LogP contribution in [0, 0.1) is 26.2 Å². The minimum Gasteiger partial charge on any atom is -0.198 e. The van der Waals surface area contributed by atoms with Crippen molar-refractivity contribution < 1.29 is 0 Å². The van der Waals surface area contributed by atoms with Crippen molar-refractivity contribution >= 4 is 22.6 Å². The maximum Gasteiger partial charge on any atom is 0.0933 e. The Morgan fingerprint density at radius 3 is 2.50 bits per heavy atom. The van der Waals surface area contributed by atoms with Gasteiger partial charge in [-0.3, -0.25) is 0 Å². The molecule has 0 amide bonds. The summed E-state index contributed by atoms with van der Waals surface area (Å²) < 4.78 is 1.03. The van der Waals surface area contributed by atoms with Crippen LogP contribution < -0.4 is 0 Å². The van der Waals surface area contributed by atoms with Crippen molar-refractivity contribution in [2.75, 3.05) is 0 Å². The summed E-state index contributed by atoms with van der Waals surface area (Å²) in [7, 11) is 0. The fourth-order valence-corrected chi connectivity index (χ4v) is 2.24. The minimum atomic E-state index is -0.688. The molecule has 0 aliphatic heterocycles. The van der Waals surface area contributed by atoms with Gasteiger partial charge in [-0.1, -0.05) is 18.2 Å². The standard InChI is InChI=1S/C11H9IN2/c1-11(8-14,6-7-13)9-4-2-3-5-10(9)12/h2-5H,6H2,1H3. The summed E-state index contributed by atoms with van der Waals surface area (Å²) >= 11 is 2.19. The predicted octanol–water partition coefficient (Wildman–Crippen LogP) is 2.99. The highest BCUT2D eigenvalue weighted by atomic mass is 127. The molecular formula is C11H9IN2. The third-order valence-electron chi connectivity index (χ3n) is 2.15. The third-order valence-corrected chi connectivity index (χ3v) is 3.09. The molecule has 1 unspecified atom stereocenters. The van der Waals surface area contributed by atoms with Gasteiger partial charge in [0.15, 0.2) is 0 Å². The Labute approximate surface area is 97.3 Å². The van der Waals surface area contributed by atoms with Crippen molar-refractivity contribution in [2.45, 2.75) is 18.8 Å². The highest BCUT2D eigenvalue weighted by Crippen LogP contribution is 2.29. The van der Waals surface area contributed by atoms with Gasteiger partial charge in [0.2, 0.25) is 0 Å². The van der Waals surface area contributed by atoms with Gasteiger partial charge in [-0.2, -0.15) is 10.5 Å². The number of nitrogens with zero attached hydrogens (tertiary/aromatic N) is 2. The van der Waals surface area contributed by atoms with Crippen molar-refractivity contribution in [3.63, 3.8) is 0 Å². The Hall–Kier alpha value is -1.07. The molecule has 0 spiro atoms. The molecule has 0 aliphatic rings. The highest BCUT2D eigenvalue weighted by molar-refractivity contribution is 14.1. The second kappa shape index (κ2) is 4.43. The Morgan fingerprint density at radius 2 is 2.00 bits per heavy atom.